The number of unbranched alkanes of at least 4 members (excludes halogenated alkanes) is 10. The van der Waals surface area contributed by atoms with Crippen LogP contribution in [0.5, 0.6) is 0 Å². The monoisotopic (exact) mass is 1010 g/mol. The van der Waals surface area contributed by atoms with Crippen molar-refractivity contribution < 1.29 is 91.9 Å². The van der Waals surface area contributed by atoms with Crippen LogP contribution >= 0.6 is 15.6 Å². The summed E-state index contributed by atoms with van der Waals surface area (Å²) in [6.45, 7) is 2.53. The summed E-state index contributed by atoms with van der Waals surface area (Å²) in [6, 6.07) is 0. The number of Topliss-reactive ketones (excluding diaryl/α,β-unsaturated/α-hetero) is 1. The molecule has 68 heavy (non-hydrogen) atoms. The Morgan fingerprint density at radius 3 is 2.13 bits per heavy atom. The van der Waals surface area contributed by atoms with Crippen molar-refractivity contribution in [1.82, 2.24) is 0 Å². The smallest absolute Gasteiger partial charge is 0.462 e. The second kappa shape index (κ2) is 34.2. The van der Waals surface area contributed by atoms with E-state index in [0.717, 1.165) is 69.9 Å². The van der Waals surface area contributed by atoms with Crippen LogP contribution < -0.4 is 0 Å². The molecule has 2 aliphatic rings. The van der Waals surface area contributed by atoms with E-state index in [4.69, 9.17) is 23.0 Å². The third-order valence-electron chi connectivity index (χ3n) is 12.1. The first kappa shape index (κ1) is 61.9. The number of ketones is 1. The van der Waals surface area contributed by atoms with Crippen LogP contribution in [0.3, 0.4) is 0 Å². The number of rotatable bonds is 24. The number of esters is 2. The molecule has 2 rings (SSSR count). The van der Waals surface area contributed by atoms with E-state index in [2.05, 4.69) is 31.2 Å². The number of ether oxygens (including phenoxy) is 2. The minimum absolute atomic E-state index is 0.0407. The molecule has 0 aromatic heterocycles. The first-order chi connectivity index (χ1) is 32.3. The van der Waals surface area contributed by atoms with Crippen molar-refractivity contribution in [2.24, 2.45) is 11.8 Å². The maximum atomic E-state index is 13.9. The van der Waals surface area contributed by atoms with Gasteiger partial charge in [-0.2, -0.15) is 0 Å². The Hall–Kier alpha value is -2.19. The maximum Gasteiger partial charge on any atom is 0.472 e. The third-order valence-corrected chi connectivity index (χ3v) is 13.6. The summed E-state index contributed by atoms with van der Waals surface area (Å²) >= 11 is 0. The van der Waals surface area contributed by atoms with E-state index in [1.165, 1.54) is 19.3 Å². The molecule has 394 valence electrons. The maximum absolute atomic E-state index is 13.9. The van der Waals surface area contributed by atoms with Gasteiger partial charge in [0, 0.05) is 25.2 Å². The molecule has 0 aromatic carbocycles. The van der Waals surface area contributed by atoms with Gasteiger partial charge in [0.2, 0.25) is 0 Å². The minimum Gasteiger partial charge on any atom is -0.462 e. The van der Waals surface area contributed by atoms with E-state index in [-0.39, 0.29) is 32.1 Å². The molecule has 0 radical (unpaired) electrons. The molecule has 9 N–H and O–H groups in total. The molecule has 2 fully saturated rings. The molecule has 0 aromatic rings. The normalized spacial score (nSPS) is 30.6. The van der Waals surface area contributed by atoms with Gasteiger partial charge in [-0.3, -0.25) is 28.0 Å². The van der Waals surface area contributed by atoms with Crippen molar-refractivity contribution in [3.63, 3.8) is 0 Å². The van der Waals surface area contributed by atoms with Gasteiger partial charge in [-0.1, -0.05) is 121 Å². The van der Waals surface area contributed by atoms with Crippen LogP contribution in [0.2, 0.25) is 0 Å². The van der Waals surface area contributed by atoms with E-state index >= 15 is 0 Å². The van der Waals surface area contributed by atoms with Gasteiger partial charge in [0.05, 0.1) is 36.9 Å². The molecule has 0 spiro atoms. The predicted molar refractivity (Wildman–Crippen MR) is 251 cm³/mol. The summed E-state index contributed by atoms with van der Waals surface area (Å²) in [4.78, 5) is 70.5. The standard InChI is InChI=1S/C47H82O19P2/c1-3-5-7-8-9-10-11-12-13-14-15-16-17-18-23-27-40(51)62-32-35-33-63-68(60,61)66-47-45(56)44(55)42(53)36(26-22-19-20-24-28-41(52)64-35)38(49)31-39(50)37(30-29-34(48)25-21-6-4-2)43(54)46(47)65-67(57,58)59/h9-10,12-13,29-30,34-38,42-49,53-56H,3-8,11,14-28,31-33H2,1-2H3,(H,60,61)(H2,57,58,59)/b10-9-,13-12-,30-29?/t34-,35+,36-,37-,38-,42+,43+,44-,45+,46+,47-/m0/s1. The van der Waals surface area contributed by atoms with E-state index < -0.39 is 120 Å². The molecule has 1 saturated heterocycles. The highest BCUT2D eigenvalue weighted by Gasteiger charge is 2.51. The molecule has 19 nitrogen and oxygen atoms in total. The van der Waals surface area contributed by atoms with Gasteiger partial charge in [0.1, 0.15) is 36.8 Å². The first-order valence-electron chi connectivity index (χ1n) is 24.6. The number of carbonyl (C=O) groups is 3. The predicted octanol–water partition coefficient (Wildman–Crippen LogP) is 6.10. The summed E-state index contributed by atoms with van der Waals surface area (Å²) in [5, 5.41) is 68.0. The van der Waals surface area contributed by atoms with Crippen LogP contribution in [0.15, 0.2) is 36.5 Å². The van der Waals surface area contributed by atoms with Gasteiger partial charge in [0.25, 0.3) is 0 Å². The number of aliphatic hydroxyl groups is 6. The summed E-state index contributed by atoms with van der Waals surface area (Å²) in [5.74, 6) is -5.63. The number of carbonyl (C=O) groups excluding carboxylic acids is 3. The molecule has 1 heterocycles. The van der Waals surface area contributed by atoms with Gasteiger partial charge in [0.15, 0.2) is 6.10 Å². The van der Waals surface area contributed by atoms with Crippen LogP contribution in [0.25, 0.3) is 0 Å². The summed E-state index contributed by atoms with van der Waals surface area (Å²) < 4.78 is 52.1. The number of fused-ring (bicyclic) bond motifs is 4. The number of phosphoric ester groups is 2. The number of phosphoric acid groups is 2. The molecule has 1 unspecified atom stereocenters. The minimum atomic E-state index is -5.79. The number of cyclic esters (lactones) is 1. The molecule has 12 atom stereocenters. The number of hydrogen-bond acceptors (Lipinski definition) is 16. The van der Waals surface area contributed by atoms with Crippen LogP contribution in [-0.4, -0.2) is 131 Å². The molecule has 2 bridgehead atoms. The number of hydrogen-bond donors (Lipinski definition) is 9. The molecular formula is C47H82O19P2. The van der Waals surface area contributed by atoms with E-state index in [1.54, 1.807) is 0 Å². The Labute approximate surface area is 402 Å². The Balaban J connectivity index is 2.30. The van der Waals surface area contributed by atoms with Gasteiger partial charge in [-0.05, 0) is 57.8 Å². The summed E-state index contributed by atoms with van der Waals surface area (Å²) in [6.07, 6.45) is 5.22. The van der Waals surface area contributed by atoms with E-state index in [0.29, 0.717) is 32.1 Å². The lowest BCUT2D eigenvalue weighted by atomic mass is 9.82. The fraction of sp³-hybridized carbons (Fsp3) is 0.809. The van der Waals surface area contributed by atoms with E-state index in [9.17, 15) is 68.8 Å². The third kappa shape index (κ3) is 25.8. The lowest BCUT2D eigenvalue weighted by Crippen LogP contribution is -2.56. The van der Waals surface area contributed by atoms with Crippen molar-refractivity contribution in [3.05, 3.63) is 36.5 Å². The van der Waals surface area contributed by atoms with Crippen LogP contribution in [0.1, 0.15) is 162 Å². The quantitative estimate of drug-likeness (QED) is 0.0228. The molecule has 1 aliphatic heterocycles. The highest BCUT2D eigenvalue weighted by atomic mass is 31.2. The van der Waals surface area contributed by atoms with Crippen molar-refractivity contribution in [2.45, 2.75) is 216 Å². The molecular weight excluding hydrogens is 930 g/mol. The Kier molecular flexibility index (Phi) is 31.2. The van der Waals surface area contributed by atoms with Crippen LogP contribution in [-0.2, 0) is 46.6 Å². The van der Waals surface area contributed by atoms with Crippen molar-refractivity contribution >= 4 is 33.4 Å². The van der Waals surface area contributed by atoms with Crippen molar-refractivity contribution in [2.75, 3.05) is 13.2 Å². The van der Waals surface area contributed by atoms with Crippen LogP contribution in [0, 0.1) is 11.8 Å². The van der Waals surface area contributed by atoms with Crippen molar-refractivity contribution in [3.8, 4) is 0 Å². The van der Waals surface area contributed by atoms with Crippen molar-refractivity contribution in [1.29, 1.82) is 0 Å². The van der Waals surface area contributed by atoms with Gasteiger partial charge >= 0.3 is 27.6 Å². The number of aliphatic hydroxyl groups excluding tert-OH is 6. The summed E-state index contributed by atoms with van der Waals surface area (Å²) in [7, 11) is -11.5. The fourth-order valence-corrected chi connectivity index (χ4v) is 9.68. The second-order valence-corrected chi connectivity index (χ2v) is 20.6. The first-order valence-corrected chi connectivity index (χ1v) is 27.7. The van der Waals surface area contributed by atoms with Gasteiger partial charge in [-0.15, -0.1) is 0 Å². The molecule has 0 amide bonds. The Morgan fingerprint density at radius 1 is 0.824 bits per heavy atom. The second-order valence-electron chi connectivity index (χ2n) is 18.0. The van der Waals surface area contributed by atoms with Crippen LogP contribution in [0.4, 0.5) is 0 Å². The fourth-order valence-electron chi connectivity index (χ4n) is 8.15. The average molecular weight is 1010 g/mol. The lowest BCUT2D eigenvalue weighted by Gasteiger charge is -2.38. The molecule has 1 aliphatic carbocycles. The zero-order valence-corrected chi connectivity index (χ0v) is 41.8. The largest absolute Gasteiger partial charge is 0.472 e. The Morgan fingerprint density at radius 2 is 1.46 bits per heavy atom. The zero-order chi connectivity index (χ0) is 50.5. The molecule has 1 saturated carbocycles. The molecule has 21 heteroatoms. The average Bonchev–Trinajstić information content (AvgIpc) is 3.28. The number of allylic oxidation sites excluding steroid dienone is 4. The lowest BCUT2D eigenvalue weighted by molar-refractivity contribution is -0.165. The zero-order valence-electron chi connectivity index (χ0n) is 40.0. The SMILES string of the molecule is CCCCC/C=C\C/C=C\CCCCCCCC(=O)OC[C@@H]1COP(=O)(O)O[C@H]2[C@H](O)[C@@H](O)[C@H](O)[C@@H](CCCCCCC(=O)O1)[C@@H](O)CC(=O)[C@H](C=C[C@@H](O)CCCCC)[C@@H](O)[C@H]2OP(=O)(O)O. The van der Waals surface area contributed by atoms with E-state index in [1.807, 2.05) is 6.92 Å². The summed E-state index contributed by atoms with van der Waals surface area (Å²) in [5.41, 5.74) is 0. The highest BCUT2D eigenvalue weighted by molar-refractivity contribution is 7.47. The topological polar surface area (TPSA) is 314 Å². The highest BCUT2D eigenvalue weighted by Crippen LogP contribution is 2.49. The van der Waals surface area contributed by atoms with Gasteiger partial charge < -0.3 is 54.8 Å². The van der Waals surface area contributed by atoms with Gasteiger partial charge in [-0.25, -0.2) is 9.13 Å². The Bertz CT molecular complexity index is 1620.